The second-order valence-electron chi connectivity index (χ2n) is 6.56. The molecule has 0 radical (unpaired) electrons. The van der Waals surface area contributed by atoms with Crippen LogP contribution in [0.1, 0.15) is 22.3 Å². The molecule has 3 aromatic rings. The number of aliphatic hydroxyl groups is 1. The van der Waals surface area contributed by atoms with Crippen LogP contribution in [0.5, 0.6) is 0 Å². The minimum absolute atomic E-state index is 0.233. The van der Waals surface area contributed by atoms with Crippen LogP contribution in [0.3, 0.4) is 0 Å². The van der Waals surface area contributed by atoms with E-state index in [0.29, 0.717) is 30.6 Å². The van der Waals surface area contributed by atoms with E-state index in [1.807, 2.05) is 22.8 Å². The maximum absolute atomic E-state index is 12.5. The van der Waals surface area contributed by atoms with Crippen LogP contribution in [0.2, 0.25) is 0 Å². The summed E-state index contributed by atoms with van der Waals surface area (Å²) in [7, 11) is 0. The van der Waals surface area contributed by atoms with Gasteiger partial charge < -0.3 is 20.3 Å². The van der Waals surface area contributed by atoms with Crippen molar-refractivity contribution in [3.8, 4) is 0 Å². The minimum atomic E-state index is -0.575. The van der Waals surface area contributed by atoms with Gasteiger partial charge in [0, 0.05) is 12.7 Å². The molecule has 7 heteroatoms. The summed E-state index contributed by atoms with van der Waals surface area (Å²) < 4.78 is 1.96. The number of hydrogen-bond acceptors (Lipinski definition) is 5. The molecule has 1 amide bonds. The number of amides is 1. The molecule has 0 spiro atoms. The number of rotatable bonds is 4. The maximum atomic E-state index is 12.5. The Kier molecular flexibility index (Phi) is 4.64. The summed E-state index contributed by atoms with van der Waals surface area (Å²) in [4.78, 5) is 21.3. The Morgan fingerprint density at radius 1 is 1.31 bits per heavy atom. The number of carbonyl (C=O) groups is 1. The molecule has 0 saturated carbocycles. The average molecular weight is 351 g/mol. The van der Waals surface area contributed by atoms with Gasteiger partial charge in [-0.2, -0.15) is 0 Å². The molecule has 0 unspecified atom stereocenters. The number of hydrogen-bond donors (Lipinski definition) is 3. The van der Waals surface area contributed by atoms with Crippen LogP contribution in [0.25, 0.3) is 11.2 Å². The summed E-state index contributed by atoms with van der Waals surface area (Å²) in [5.41, 5.74) is 3.04. The fourth-order valence-electron chi connectivity index (χ4n) is 3.23. The lowest BCUT2D eigenvalue weighted by Gasteiger charge is -2.29. The van der Waals surface area contributed by atoms with Crippen molar-refractivity contribution in [2.45, 2.75) is 25.1 Å². The van der Waals surface area contributed by atoms with Gasteiger partial charge in [-0.1, -0.05) is 30.3 Å². The van der Waals surface area contributed by atoms with Crippen molar-refractivity contribution < 1.29 is 9.90 Å². The van der Waals surface area contributed by atoms with Crippen molar-refractivity contribution >= 4 is 17.1 Å². The van der Waals surface area contributed by atoms with Crippen molar-refractivity contribution in [2.24, 2.45) is 0 Å². The number of imidazole rings is 1. The van der Waals surface area contributed by atoms with Crippen LogP contribution in [0, 0.1) is 0 Å². The summed E-state index contributed by atoms with van der Waals surface area (Å²) in [6.45, 7) is 1.95. The SMILES string of the molecule is O=C(N[C@@H]1CCNC[C@H]1O)c1cnc2c(c1)ncn2Cc1ccccc1. The fraction of sp³-hybridized carbons (Fsp3) is 0.316. The molecule has 3 heterocycles. The van der Waals surface area contributed by atoms with Gasteiger partial charge in [0.15, 0.2) is 5.65 Å². The molecule has 3 N–H and O–H groups in total. The predicted molar refractivity (Wildman–Crippen MR) is 97.8 cm³/mol. The average Bonchev–Trinajstić information content (AvgIpc) is 3.06. The summed E-state index contributed by atoms with van der Waals surface area (Å²) in [6.07, 6.45) is 3.43. The van der Waals surface area contributed by atoms with Crippen LogP contribution in [0.4, 0.5) is 0 Å². The Morgan fingerprint density at radius 3 is 2.96 bits per heavy atom. The molecular weight excluding hydrogens is 330 g/mol. The number of nitrogens with one attached hydrogen (secondary N) is 2. The van der Waals surface area contributed by atoms with E-state index in [1.54, 1.807) is 18.6 Å². The highest BCUT2D eigenvalue weighted by Gasteiger charge is 2.25. The summed E-state index contributed by atoms with van der Waals surface area (Å²) >= 11 is 0. The zero-order valence-corrected chi connectivity index (χ0v) is 14.3. The normalized spacial score (nSPS) is 20.2. The third-order valence-electron chi connectivity index (χ3n) is 4.68. The van der Waals surface area contributed by atoms with E-state index >= 15 is 0 Å². The molecule has 26 heavy (non-hydrogen) atoms. The van der Waals surface area contributed by atoms with E-state index in [1.165, 1.54) is 0 Å². The van der Waals surface area contributed by atoms with E-state index < -0.39 is 6.10 Å². The summed E-state index contributed by atoms with van der Waals surface area (Å²) in [6, 6.07) is 11.6. The first-order chi connectivity index (χ1) is 12.7. The Bertz CT molecular complexity index is 909. The number of pyridine rings is 1. The molecule has 4 rings (SSSR count). The number of piperidine rings is 1. The Hall–Kier alpha value is -2.77. The smallest absolute Gasteiger partial charge is 0.253 e. The molecule has 1 aliphatic heterocycles. The van der Waals surface area contributed by atoms with Gasteiger partial charge in [0.05, 0.1) is 30.6 Å². The number of aliphatic hydroxyl groups excluding tert-OH is 1. The number of nitrogens with zero attached hydrogens (tertiary/aromatic N) is 3. The lowest BCUT2D eigenvalue weighted by atomic mass is 10.0. The fourth-order valence-corrected chi connectivity index (χ4v) is 3.23. The third kappa shape index (κ3) is 3.44. The van der Waals surface area contributed by atoms with Gasteiger partial charge in [-0.05, 0) is 24.6 Å². The summed E-state index contributed by atoms with van der Waals surface area (Å²) in [5.74, 6) is -0.233. The van der Waals surface area contributed by atoms with Crippen LogP contribution in [-0.2, 0) is 6.54 Å². The van der Waals surface area contributed by atoms with Crippen molar-refractivity contribution in [1.29, 1.82) is 0 Å². The molecule has 7 nitrogen and oxygen atoms in total. The zero-order valence-electron chi connectivity index (χ0n) is 14.3. The predicted octanol–water partition coefficient (Wildman–Crippen LogP) is 0.932. The molecule has 0 aliphatic carbocycles. The number of fused-ring (bicyclic) bond motifs is 1. The van der Waals surface area contributed by atoms with Gasteiger partial charge >= 0.3 is 0 Å². The Morgan fingerprint density at radius 2 is 2.15 bits per heavy atom. The molecular formula is C19H21N5O2. The van der Waals surface area contributed by atoms with Crippen molar-refractivity contribution in [3.63, 3.8) is 0 Å². The molecule has 2 atom stereocenters. The topological polar surface area (TPSA) is 92.1 Å². The van der Waals surface area contributed by atoms with Crippen molar-refractivity contribution in [1.82, 2.24) is 25.2 Å². The first-order valence-electron chi connectivity index (χ1n) is 8.75. The number of benzene rings is 1. The molecule has 1 aliphatic rings. The highest BCUT2D eigenvalue weighted by atomic mass is 16.3. The van der Waals surface area contributed by atoms with Crippen LogP contribution in [-0.4, -0.2) is 50.8 Å². The first-order valence-corrected chi connectivity index (χ1v) is 8.75. The van der Waals surface area contributed by atoms with E-state index in [-0.39, 0.29) is 11.9 Å². The maximum Gasteiger partial charge on any atom is 0.253 e. The highest BCUT2D eigenvalue weighted by molar-refractivity contribution is 5.96. The van der Waals surface area contributed by atoms with E-state index in [4.69, 9.17) is 0 Å². The number of carbonyl (C=O) groups excluding carboxylic acids is 1. The molecule has 134 valence electrons. The Labute approximate surface area is 151 Å². The van der Waals surface area contributed by atoms with Gasteiger partial charge in [-0.25, -0.2) is 9.97 Å². The first kappa shape index (κ1) is 16.7. The monoisotopic (exact) mass is 351 g/mol. The van der Waals surface area contributed by atoms with Gasteiger partial charge in [0.2, 0.25) is 0 Å². The molecule has 1 fully saturated rings. The van der Waals surface area contributed by atoms with Crippen LogP contribution in [0.15, 0.2) is 48.9 Å². The lowest BCUT2D eigenvalue weighted by molar-refractivity contribution is 0.0765. The minimum Gasteiger partial charge on any atom is -0.390 e. The standard InChI is InChI=1S/C19H21N5O2/c25-17-10-20-7-6-15(17)23-19(26)14-8-16-18(21-9-14)24(12-22-16)11-13-4-2-1-3-5-13/h1-5,8-9,12,15,17,20,25H,6-7,10-11H2,(H,23,26)/t15-,17-/m1/s1. The summed E-state index contributed by atoms with van der Waals surface area (Å²) in [5, 5.41) is 16.0. The highest BCUT2D eigenvalue weighted by Crippen LogP contribution is 2.15. The zero-order chi connectivity index (χ0) is 17.9. The van der Waals surface area contributed by atoms with Crippen LogP contribution >= 0.6 is 0 Å². The van der Waals surface area contributed by atoms with Gasteiger partial charge in [-0.15, -0.1) is 0 Å². The molecule has 1 saturated heterocycles. The largest absolute Gasteiger partial charge is 0.390 e. The van der Waals surface area contributed by atoms with E-state index in [0.717, 1.165) is 17.8 Å². The van der Waals surface area contributed by atoms with Gasteiger partial charge in [0.1, 0.15) is 5.52 Å². The number of aromatic nitrogens is 3. The van der Waals surface area contributed by atoms with Crippen molar-refractivity contribution in [3.05, 3.63) is 60.0 Å². The van der Waals surface area contributed by atoms with Crippen LogP contribution < -0.4 is 10.6 Å². The van der Waals surface area contributed by atoms with Crippen molar-refractivity contribution in [2.75, 3.05) is 13.1 Å². The van der Waals surface area contributed by atoms with E-state index in [2.05, 4.69) is 32.7 Å². The Balaban J connectivity index is 1.52. The number of β-amino-alcohol motifs (C(OH)–C–C–N with tert-alkyl or cyclic N) is 1. The molecule has 2 aromatic heterocycles. The van der Waals surface area contributed by atoms with Gasteiger partial charge in [-0.3, -0.25) is 4.79 Å². The van der Waals surface area contributed by atoms with Gasteiger partial charge in [0.25, 0.3) is 5.91 Å². The molecule has 0 bridgehead atoms. The second kappa shape index (κ2) is 7.23. The lowest BCUT2D eigenvalue weighted by Crippen LogP contribution is -2.52. The third-order valence-corrected chi connectivity index (χ3v) is 4.68. The molecule has 1 aromatic carbocycles. The quantitative estimate of drug-likeness (QED) is 0.650. The second-order valence-corrected chi connectivity index (χ2v) is 6.56. The van der Waals surface area contributed by atoms with E-state index in [9.17, 15) is 9.90 Å².